The number of aromatic hydroxyl groups is 1. The van der Waals surface area contributed by atoms with Gasteiger partial charge in [-0.1, -0.05) is 15.9 Å². The summed E-state index contributed by atoms with van der Waals surface area (Å²) >= 11 is 3.52. The molecule has 1 aliphatic rings. The highest BCUT2D eigenvalue weighted by atomic mass is 79.9. The van der Waals surface area contributed by atoms with Crippen molar-refractivity contribution in [3.8, 4) is 5.75 Å². The van der Waals surface area contributed by atoms with Gasteiger partial charge in [-0.25, -0.2) is 0 Å². The second-order valence-corrected chi connectivity index (χ2v) is 5.18. The first-order valence-corrected chi connectivity index (χ1v) is 6.16. The summed E-state index contributed by atoms with van der Waals surface area (Å²) in [5.41, 5.74) is 0.330. The van der Waals surface area contributed by atoms with Gasteiger partial charge in [0.1, 0.15) is 5.75 Å². The van der Waals surface area contributed by atoms with Gasteiger partial charge in [0.05, 0.1) is 11.8 Å². The summed E-state index contributed by atoms with van der Waals surface area (Å²) in [6.07, 6.45) is 4.89. The number of hydrogen-bond acceptors (Lipinski definition) is 3. The van der Waals surface area contributed by atoms with Crippen LogP contribution in [-0.4, -0.2) is 38.8 Å². The van der Waals surface area contributed by atoms with Crippen LogP contribution in [0.5, 0.6) is 5.75 Å². The van der Waals surface area contributed by atoms with E-state index in [-0.39, 0.29) is 11.7 Å². The molecule has 1 fully saturated rings. The van der Waals surface area contributed by atoms with Gasteiger partial charge in [0.15, 0.2) is 0 Å². The Labute approximate surface area is 102 Å². The summed E-state index contributed by atoms with van der Waals surface area (Å²) in [6, 6.07) is 1.55. The molecule has 16 heavy (non-hydrogen) atoms. The van der Waals surface area contributed by atoms with E-state index >= 15 is 0 Å². The fraction of sp³-hybridized carbons (Fsp3) is 0.455. The van der Waals surface area contributed by atoms with E-state index in [0.29, 0.717) is 16.9 Å². The maximum atomic E-state index is 12.1. The van der Waals surface area contributed by atoms with Crippen LogP contribution in [0.25, 0.3) is 0 Å². The fourth-order valence-electron chi connectivity index (χ4n) is 1.85. The molecule has 1 aliphatic heterocycles. The number of halogens is 1. The second kappa shape index (κ2) is 4.82. The zero-order valence-corrected chi connectivity index (χ0v) is 10.4. The van der Waals surface area contributed by atoms with Gasteiger partial charge < -0.3 is 10.0 Å². The van der Waals surface area contributed by atoms with Crippen LogP contribution in [0.3, 0.4) is 0 Å². The van der Waals surface area contributed by atoms with Gasteiger partial charge in [-0.2, -0.15) is 0 Å². The molecule has 0 aliphatic carbocycles. The third-order valence-electron chi connectivity index (χ3n) is 2.68. The van der Waals surface area contributed by atoms with Crippen LogP contribution in [0.1, 0.15) is 23.2 Å². The Hall–Kier alpha value is -1.10. The zero-order chi connectivity index (χ0) is 11.5. The third-order valence-corrected chi connectivity index (χ3v) is 3.43. The van der Waals surface area contributed by atoms with E-state index in [1.165, 1.54) is 12.4 Å². The molecule has 2 rings (SSSR count). The molecule has 0 bridgehead atoms. The number of carbonyl (C=O) groups excluding carboxylic acids is 1. The molecule has 5 heteroatoms. The second-order valence-electron chi connectivity index (χ2n) is 3.88. The van der Waals surface area contributed by atoms with E-state index in [9.17, 15) is 9.90 Å². The Morgan fingerprint density at radius 1 is 1.62 bits per heavy atom. The number of alkyl halides is 1. The van der Waals surface area contributed by atoms with Crippen molar-refractivity contribution < 1.29 is 9.90 Å². The van der Waals surface area contributed by atoms with Gasteiger partial charge in [0, 0.05) is 24.1 Å². The molecule has 0 saturated carbocycles. The molecule has 1 amide bonds. The van der Waals surface area contributed by atoms with Crippen LogP contribution in [0.4, 0.5) is 0 Å². The molecule has 0 spiro atoms. The van der Waals surface area contributed by atoms with Crippen LogP contribution < -0.4 is 0 Å². The van der Waals surface area contributed by atoms with Crippen molar-refractivity contribution >= 4 is 21.8 Å². The van der Waals surface area contributed by atoms with Crippen molar-refractivity contribution in [2.45, 2.75) is 17.7 Å². The number of hydrogen-bond donors (Lipinski definition) is 1. The lowest BCUT2D eigenvalue weighted by atomic mass is 10.1. The predicted molar refractivity (Wildman–Crippen MR) is 63.8 cm³/mol. The van der Waals surface area contributed by atoms with Crippen LogP contribution >= 0.6 is 15.9 Å². The van der Waals surface area contributed by atoms with Crippen molar-refractivity contribution in [3.63, 3.8) is 0 Å². The maximum absolute atomic E-state index is 12.1. The molecular weight excluding hydrogens is 272 g/mol. The minimum atomic E-state index is -0.121. The van der Waals surface area contributed by atoms with Gasteiger partial charge in [0.2, 0.25) is 0 Å². The van der Waals surface area contributed by atoms with E-state index in [1.54, 1.807) is 11.0 Å². The van der Waals surface area contributed by atoms with Gasteiger partial charge in [-0.05, 0) is 18.9 Å². The number of likely N-dealkylation sites (tertiary alicyclic amines) is 1. The normalized spacial score (nSPS) is 20.8. The van der Waals surface area contributed by atoms with E-state index in [1.807, 2.05) is 0 Å². The lowest BCUT2D eigenvalue weighted by molar-refractivity contribution is 0.0726. The summed E-state index contributed by atoms with van der Waals surface area (Å²) < 4.78 is 0. The molecule has 1 saturated heterocycles. The molecule has 1 atom stereocenters. The van der Waals surface area contributed by atoms with E-state index < -0.39 is 0 Å². The van der Waals surface area contributed by atoms with Crippen LogP contribution in [0.15, 0.2) is 18.5 Å². The van der Waals surface area contributed by atoms with E-state index in [4.69, 9.17) is 0 Å². The molecule has 86 valence electrons. The molecule has 0 radical (unpaired) electrons. The van der Waals surface area contributed by atoms with Crippen molar-refractivity contribution in [1.29, 1.82) is 0 Å². The highest BCUT2D eigenvalue weighted by Crippen LogP contribution is 2.22. The van der Waals surface area contributed by atoms with Crippen LogP contribution in [0, 0.1) is 0 Å². The lowest BCUT2D eigenvalue weighted by Crippen LogP contribution is -2.40. The number of piperidine rings is 1. The highest BCUT2D eigenvalue weighted by molar-refractivity contribution is 9.09. The summed E-state index contributed by atoms with van der Waals surface area (Å²) in [6.45, 7) is 1.45. The number of pyridine rings is 1. The van der Waals surface area contributed by atoms with Gasteiger partial charge in [-0.15, -0.1) is 0 Å². The highest BCUT2D eigenvalue weighted by Gasteiger charge is 2.24. The first-order chi connectivity index (χ1) is 7.68. The quantitative estimate of drug-likeness (QED) is 0.800. The SMILES string of the molecule is O=C(c1ccncc1O)N1CCCC(Br)C1. The van der Waals surface area contributed by atoms with Crippen molar-refractivity contribution in [2.75, 3.05) is 13.1 Å². The van der Waals surface area contributed by atoms with Crippen molar-refractivity contribution in [3.05, 3.63) is 24.0 Å². The minimum Gasteiger partial charge on any atom is -0.505 e. The monoisotopic (exact) mass is 284 g/mol. The molecule has 4 nitrogen and oxygen atoms in total. The summed E-state index contributed by atoms with van der Waals surface area (Å²) in [7, 11) is 0. The Bertz CT molecular complexity index is 397. The van der Waals surface area contributed by atoms with Crippen molar-refractivity contribution in [1.82, 2.24) is 9.88 Å². The largest absolute Gasteiger partial charge is 0.505 e. The standard InChI is InChI=1S/C11H13BrN2O2/c12-8-2-1-5-14(7-8)11(16)9-3-4-13-6-10(9)15/h3-4,6,8,15H,1-2,5,7H2. The fourth-order valence-corrected chi connectivity index (χ4v) is 2.52. The number of amides is 1. The first-order valence-electron chi connectivity index (χ1n) is 5.25. The Balaban J connectivity index is 2.16. The third kappa shape index (κ3) is 2.35. The summed E-state index contributed by atoms with van der Waals surface area (Å²) in [5, 5.41) is 9.56. The Morgan fingerprint density at radius 3 is 3.12 bits per heavy atom. The average molecular weight is 285 g/mol. The Kier molecular flexibility index (Phi) is 3.43. The van der Waals surface area contributed by atoms with E-state index in [2.05, 4.69) is 20.9 Å². The predicted octanol–water partition coefficient (Wildman–Crippen LogP) is 1.79. The topological polar surface area (TPSA) is 53.4 Å². The van der Waals surface area contributed by atoms with Crippen molar-refractivity contribution in [2.24, 2.45) is 0 Å². The van der Waals surface area contributed by atoms with E-state index in [0.717, 1.165) is 19.4 Å². The summed E-state index contributed by atoms with van der Waals surface area (Å²) in [5.74, 6) is -0.173. The molecular formula is C11H13BrN2O2. The van der Waals surface area contributed by atoms with Gasteiger partial charge in [0.25, 0.3) is 5.91 Å². The molecule has 1 unspecified atom stereocenters. The smallest absolute Gasteiger partial charge is 0.257 e. The maximum Gasteiger partial charge on any atom is 0.257 e. The molecule has 0 aromatic carbocycles. The minimum absolute atomic E-state index is 0.0517. The number of nitrogens with zero attached hydrogens (tertiary/aromatic N) is 2. The zero-order valence-electron chi connectivity index (χ0n) is 8.77. The molecule has 1 N–H and O–H groups in total. The van der Waals surface area contributed by atoms with Crippen LogP contribution in [0.2, 0.25) is 0 Å². The summed E-state index contributed by atoms with van der Waals surface area (Å²) in [4.78, 5) is 18.0. The molecule has 2 heterocycles. The van der Waals surface area contributed by atoms with Gasteiger partial charge >= 0.3 is 0 Å². The molecule has 1 aromatic rings. The Morgan fingerprint density at radius 2 is 2.44 bits per heavy atom. The number of carbonyl (C=O) groups is 1. The number of aromatic nitrogens is 1. The lowest BCUT2D eigenvalue weighted by Gasteiger charge is -2.30. The first kappa shape index (κ1) is 11.4. The van der Waals surface area contributed by atoms with Gasteiger partial charge in [-0.3, -0.25) is 9.78 Å². The number of rotatable bonds is 1. The van der Waals surface area contributed by atoms with Crippen LogP contribution in [-0.2, 0) is 0 Å². The molecule has 1 aromatic heterocycles. The average Bonchev–Trinajstić information content (AvgIpc) is 2.29.